The number of fused-ring (bicyclic) bond motifs is 1. The van der Waals surface area contributed by atoms with Gasteiger partial charge in [0, 0.05) is 35.8 Å². The zero-order valence-electron chi connectivity index (χ0n) is 14.8. The molecule has 0 bridgehead atoms. The lowest BCUT2D eigenvalue weighted by Gasteiger charge is -2.07. The highest BCUT2D eigenvalue weighted by molar-refractivity contribution is 5.95. The molecule has 0 spiro atoms. The summed E-state index contributed by atoms with van der Waals surface area (Å²) in [5.74, 6) is -0.0563. The molecule has 0 unspecified atom stereocenters. The van der Waals surface area contributed by atoms with E-state index in [1.807, 2.05) is 48.5 Å². The molecule has 0 saturated carbocycles. The fraction of sp³-hybridized carbons (Fsp3) is 0.200. The van der Waals surface area contributed by atoms with Gasteiger partial charge in [-0.15, -0.1) is 0 Å². The lowest BCUT2D eigenvalue weighted by atomic mass is 10.0. The smallest absolute Gasteiger partial charge is 0.411 e. The number of H-pyrrole nitrogens is 1. The van der Waals surface area contributed by atoms with Crippen molar-refractivity contribution in [3.05, 3.63) is 54.1 Å². The minimum atomic E-state index is -0.511. The number of amides is 2. The van der Waals surface area contributed by atoms with E-state index < -0.39 is 6.09 Å². The average molecular weight is 351 g/mol. The number of carbonyl (C=O) groups is 2. The van der Waals surface area contributed by atoms with Gasteiger partial charge in [-0.2, -0.15) is 0 Å². The summed E-state index contributed by atoms with van der Waals surface area (Å²) in [6.07, 6.45) is 0.161. The predicted octanol–water partition coefficient (Wildman–Crippen LogP) is 3.69. The van der Waals surface area contributed by atoms with Gasteiger partial charge in [-0.05, 0) is 35.7 Å². The van der Waals surface area contributed by atoms with Crippen LogP contribution in [0.5, 0.6) is 0 Å². The number of benzene rings is 2. The lowest BCUT2D eigenvalue weighted by molar-refractivity contribution is -0.118. The lowest BCUT2D eigenvalue weighted by Crippen LogP contribution is -2.22. The average Bonchev–Trinajstić information content (AvgIpc) is 3.00. The molecule has 3 N–H and O–H groups in total. The molecule has 6 nitrogen and oxygen atoms in total. The third kappa shape index (κ3) is 3.85. The third-order valence-electron chi connectivity index (χ3n) is 4.15. The summed E-state index contributed by atoms with van der Waals surface area (Å²) in [5, 5.41) is 6.53. The Morgan fingerprint density at radius 3 is 2.58 bits per heavy atom. The summed E-state index contributed by atoms with van der Waals surface area (Å²) in [5.41, 5.74) is 4.81. The zero-order valence-corrected chi connectivity index (χ0v) is 14.8. The first kappa shape index (κ1) is 17.5. The maximum atomic E-state index is 11.5. The summed E-state index contributed by atoms with van der Waals surface area (Å²) in [6, 6.07) is 15.7. The topological polar surface area (TPSA) is 83.2 Å². The van der Waals surface area contributed by atoms with E-state index in [1.54, 1.807) is 0 Å². The van der Waals surface area contributed by atoms with Gasteiger partial charge >= 0.3 is 6.09 Å². The molecule has 134 valence electrons. The molecule has 0 saturated heterocycles. The van der Waals surface area contributed by atoms with Crippen LogP contribution >= 0.6 is 0 Å². The summed E-state index contributed by atoms with van der Waals surface area (Å²) in [4.78, 5) is 26.2. The van der Waals surface area contributed by atoms with Crippen LogP contribution in [0.3, 0.4) is 0 Å². The van der Waals surface area contributed by atoms with E-state index in [0.29, 0.717) is 18.7 Å². The molecule has 26 heavy (non-hydrogen) atoms. The SMILES string of the molecule is COC(=O)Nc1ccc2[nH]c(-c3ccccc3)c(CCNC(C)=O)c2c1. The van der Waals surface area contributed by atoms with Crippen molar-refractivity contribution in [2.24, 2.45) is 0 Å². The number of nitrogens with one attached hydrogen (secondary N) is 3. The monoisotopic (exact) mass is 351 g/mol. The number of aromatic amines is 1. The molecule has 2 aromatic carbocycles. The molecule has 0 aliphatic heterocycles. The number of hydrogen-bond donors (Lipinski definition) is 3. The van der Waals surface area contributed by atoms with E-state index in [1.165, 1.54) is 14.0 Å². The Labute approximate surface area is 151 Å². The van der Waals surface area contributed by atoms with Crippen molar-refractivity contribution in [2.75, 3.05) is 19.0 Å². The van der Waals surface area contributed by atoms with Gasteiger partial charge in [0.2, 0.25) is 5.91 Å². The van der Waals surface area contributed by atoms with Crippen molar-refractivity contribution < 1.29 is 14.3 Å². The number of methoxy groups -OCH3 is 1. The second-order valence-corrected chi connectivity index (χ2v) is 5.95. The maximum Gasteiger partial charge on any atom is 0.411 e. The van der Waals surface area contributed by atoms with Crippen molar-refractivity contribution >= 4 is 28.6 Å². The highest BCUT2D eigenvalue weighted by Gasteiger charge is 2.14. The molecule has 0 radical (unpaired) electrons. The number of rotatable bonds is 5. The molecule has 0 atom stereocenters. The fourth-order valence-electron chi connectivity index (χ4n) is 2.97. The second-order valence-electron chi connectivity index (χ2n) is 5.95. The van der Waals surface area contributed by atoms with E-state index in [2.05, 4.69) is 20.4 Å². The largest absolute Gasteiger partial charge is 0.453 e. The molecule has 1 heterocycles. The first-order valence-electron chi connectivity index (χ1n) is 8.38. The molecule has 0 aliphatic rings. The predicted molar refractivity (Wildman–Crippen MR) is 102 cm³/mol. The van der Waals surface area contributed by atoms with Gasteiger partial charge in [0.25, 0.3) is 0 Å². The summed E-state index contributed by atoms with van der Waals surface area (Å²) in [7, 11) is 1.33. The molecular formula is C20H21N3O3. The number of ether oxygens (including phenoxy) is 1. The summed E-state index contributed by atoms with van der Waals surface area (Å²) in [6.45, 7) is 2.04. The Bertz CT molecular complexity index is 932. The van der Waals surface area contributed by atoms with Crippen molar-refractivity contribution in [2.45, 2.75) is 13.3 Å². The standard InChI is InChI=1S/C20H21N3O3/c1-13(24)21-11-10-16-17-12-15(22-20(25)26-2)8-9-18(17)23-19(16)14-6-4-3-5-7-14/h3-9,12,23H,10-11H2,1-2H3,(H,21,24)(H,22,25). The fourth-order valence-corrected chi connectivity index (χ4v) is 2.97. The van der Waals surface area contributed by atoms with Gasteiger partial charge in [0.1, 0.15) is 0 Å². The minimum absolute atomic E-state index is 0.0563. The van der Waals surface area contributed by atoms with Gasteiger partial charge < -0.3 is 15.0 Å². The van der Waals surface area contributed by atoms with E-state index in [9.17, 15) is 9.59 Å². The van der Waals surface area contributed by atoms with Crippen LogP contribution in [0.1, 0.15) is 12.5 Å². The summed E-state index contributed by atoms with van der Waals surface area (Å²) < 4.78 is 4.66. The number of anilines is 1. The normalized spacial score (nSPS) is 10.5. The van der Waals surface area contributed by atoms with Crippen LogP contribution in [0, 0.1) is 0 Å². The Morgan fingerprint density at radius 2 is 1.88 bits per heavy atom. The second kappa shape index (κ2) is 7.74. The number of aromatic nitrogens is 1. The first-order chi connectivity index (χ1) is 12.6. The summed E-state index contributed by atoms with van der Waals surface area (Å²) >= 11 is 0. The molecule has 2 amide bonds. The van der Waals surface area contributed by atoms with E-state index in [0.717, 1.165) is 27.7 Å². The highest BCUT2D eigenvalue weighted by Crippen LogP contribution is 2.32. The van der Waals surface area contributed by atoms with Gasteiger partial charge in [-0.3, -0.25) is 10.1 Å². The van der Waals surface area contributed by atoms with Crippen LogP contribution in [0.4, 0.5) is 10.5 Å². The van der Waals surface area contributed by atoms with Gasteiger partial charge in [-0.1, -0.05) is 30.3 Å². The number of hydrogen-bond acceptors (Lipinski definition) is 3. The Kier molecular flexibility index (Phi) is 5.22. The van der Waals surface area contributed by atoms with Crippen LogP contribution in [0.2, 0.25) is 0 Å². The molecule has 0 aliphatic carbocycles. The van der Waals surface area contributed by atoms with Gasteiger partial charge in [-0.25, -0.2) is 4.79 Å². The van der Waals surface area contributed by atoms with Crippen LogP contribution in [0.25, 0.3) is 22.2 Å². The molecule has 3 rings (SSSR count). The maximum absolute atomic E-state index is 11.5. The molecule has 1 aromatic heterocycles. The molecule has 6 heteroatoms. The van der Waals surface area contributed by atoms with Gasteiger partial charge in [0.05, 0.1) is 7.11 Å². The third-order valence-corrected chi connectivity index (χ3v) is 4.15. The zero-order chi connectivity index (χ0) is 18.5. The van der Waals surface area contributed by atoms with Gasteiger partial charge in [0.15, 0.2) is 0 Å². The molecular weight excluding hydrogens is 330 g/mol. The quantitative estimate of drug-likeness (QED) is 0.655. The van der Waals surface area contributed by atoms with Crippen LogP contribution in [0.15, 0.2) is 48.5 Å². The molecule has 0 fully saturated rings. The van der Waals surface area contributed by atoms with Crippen LogP contribution < -0.4 is 10.6 Å². The van der Waals surface area contributed by atoms with Crippen molar-refractivity contribution in [1.29, 1.82) is 0 Å². The van der Waals surface area contributed by atoms with Crippen molar-refractivity contribution in [1.82, 2.24) is 10.3 Å². The molecule has 3 aromatic rings. The first-order valence-corrected chi connectivity index (χ1v) is 8.38. The minimum Gasteiger partial charge on any atom is -0.453 e. The van der Waals surface area contributed by atoms with E-state index in [4.69, 9.17) is 0 Å². The highest BCUT2D eigenvalue weighted by atomic mass is 16.5. The van der Waals surface area contributed by atoms with E-state index in [-0.39, 0.29) is 5.91 Å². The Morgan fingerprint density at radius 1 is 1.12 bits per heavy atom. The van der Waals surface area contributed by atoms with Crippen molar-refractivity contribution in [3.8, 4) is 11.3 Å². The van der Waals surface area contributed by atoms with Crippen molar-refractivity contribution in [3.63, 3.8) is 0 Å². The Hall–Kier alpha value is -3.28. The van der Waals surface area contributed by atoms with Crippen LogP contribution in [-0.2, 0) is 16.0 Å². The van der Waals surface area contributed by atoms with E-state index >= 15 is 0 Å². The van der Waals surface area contributed by atoms with Crippen LogP contribution in [-0.4, -0.2) is 30.6 Å². The number of carbonyl (C=O) groups excluding carboxylic acids is 2. The Balaban J connectivity index is 2.04.